The fourth-order valence-electron chi connectivity index (χ4n) is 3.86. The molecule has 1 saturated heterocycles. The van der Waals surface area contributed by atoms with Crippen LogP contribution in [0.3, 0.4) is 0 Å². The molecule has 0 bridgehead atoms. The van der Waals surface area contributed by atoms with Crippen LogP contribution in [0.2, 0.25) is 0 Å². The van der Waals surface area contributed by atoms with Crippen LogP contribution in [0.25, 0.3) is 0 Å². The Balaban J connectivity index is 1.86. The van der Waals surface area contributed by atoms with E-state index >= 15 is 0 Å². The van der Waals surface area contributed by atoms with E-state index in [1.165, 1.54) is 24.8 Å². The average Bonchev–Trinajstić information content (AvgIpc) is 2.61. The molecule has 122 valence electrons. The maximum atomic E-state index is 12.7. The lowest BCUT2D eigenvalue weighted by Crippen LogP contribution is -2.58. The molecular weight excluding hydrogens is 286 g/mol. The largest absolute Gasteiger partial charge is 0.497 e. The fourth-order valence-corrected chi connectivity index (χ4v) is 3.86. The van der Waals surface area contributed by atoms with Crippen molar-refractivity contribution in [3.63, 3.8) is 0 Å². The van der Waals surface area contributed by atoms with Crippen molar-refractivity contribution in [3.05, 3.63) is 54.6 Å². The van der Waals surface area contributed by atoms with Gasteiger partial charge < -0.3 is 9.64 Å². The number of benzene rings is 1. The number of hydrogen-bond donors (Lipinski definition) is 0. The zero-order valence-corrected chi connectivity index (χ0v) is 13.8. The van der Waals surface area contributed by atoms with E-state index in [0.29, 0.717) is 6.04 Å². The molecule has 0 radical (unpaired) electrons. The molecule has 1 aliphatic carbocycles. The van der Waals surface area contributed by atoms with E-state index in [1.54, 1.807) is 13.2 Å². The van der Waals surface area contributed by atoms with Gasteiger partial charge in [0.1, 0.15) is 5.75 Å². The minimum atomic E-state index is -0.0664. The molecule has 3 heteroatoms. The molecule has 0 aromatic heterocycles. The first kappa shape index (κ1) is 15.9. The predicted molar refractivity (Wildman–Crippen MR) is 92.3 cm³/mol. The third-order valence-corrected chi connectivity index (χ3v) is 5.06. The Morgan fingerprint density at radius 1 is 1.17 bits per heavy atom. The minimum absolute atomic E-state index is 0.0664. The Bertz CT molecular complexity index is 584. The minimum Gasteiger partial charge on any atom is -0.497 e. The molecular formula is C20H25NO2. The number of carbonyl (C=O) groups excluding carboxylic acids is 1. The van der Waals surface area contributed by atoms with Crippen LogP contribution < -0.4 is 4.74 Å². The van der Waals surface area contributed by atoms with Crippen molar-refractivity contribution in [1.29, 1.82) is 0 Å². The normalized spacial score (nSPS) is 25.4. The van der Waals surface area contributed by atoms with Crippen LogP contribution >= 0.6 is 0 Å². The van der Waals surface area contributed by atoms with Gasteiger partial charge in [0.25, 0.3) is 0 Å². The quantitative estimate of drug-likeness (QED) is 0.600. The lowest BCUT2D eigenvalue weighted by molar-refractivity contribution is -0.159. The van der Waals surface area contributed by atoms with Crippen LogP contribution in [0.15, 0.2) is 49.1 Å². The monoisotopic (exact) mass is 311 g/mol. The number of likely N-dealkylation sites (tertiary alicyclic amines) is 1. The van der Waals surface area contributed by atoms with Crippen LogP contribution in [0.4, 0.5) is 0 Å². The Morgan fingerprint density at radius 2 is 1.87 bits per heavy atom. The van der Waals surface area contributed by atoms with Gasteiger partial charge >= 0.3 is 0 Å². The summed E-state index contributed by atoms with van der Waals surface area (Å²) < 4.78 is 5.25. The highest BCUT2D eigenvalue weighted by Gasteiger charge is 2.49. The molecule has 0 unspecified atom stereocenters. The van der Waals surface area contributed by atoms with Gasteiger partial charge in [-0.3, -0.25) is 4.79 Å². The summed E-state index contributed by atoms with van der Waals surface area (Å²) in [5.41, 5.74) is 1.19. The van der Waals surface area contributed by atoms with Gasteiger partial charge in [0.2, 0.25) is 5.91 Å². The number of allylic oxidation sites excluding steroid dienone is 2. The second-order valence-electron chi connectivity index (χ2n) is 6.40. The predicted octanol–water partition coefficient (Wildman–Crippen LogP) is 4.27. The van der Waals surface area contributed by atoms with E-state index in [4.69, 9.17) is 4.74 Å². The molecule has 0 N–H and O–H groups in total. The van der Waals surface area contributed by atoms with Crippen LogP contribution in [-0.4, -0.2) is 24.0 Å². The van der Waals surface area contributed by atoms with Gasteiger partial charge in [-0.2, -0.15) is 0 Å². The third kappa shape index (κ3) is 3.05. The van der Waals surface area contributed by atoms with E-state index in [-0.39, 0.29) is 17.9 Å². The van der Waals surface area contributed by atoms with Crippen molar-refractivity contribution in [2.24, 2.45) is 5.92 Å². The van der Waals surface area contributed by atoms with Crippen molar-refractivity contribution in [2.75, 3.05) is 7.11 Å². The third-order valence-electron chi connectivity index (χ3n) is 5.06. The summed E-state index contributed by atoms with van der Waals surface area (Å²) in [6.07, 6.45) is 11.6. The van der Waals surface area contributed by atoms with Gasteiger partial charge in [-0.05, 0) is 30.5 Å². The SMILES string of the molecule is C=C/C=C/[C@H]1C(=O)N(C2CCCCC2)[C@H]1c1ccc(OC)cc1. The van der Waals surface area contributed by atoms with Gasteiger partial charge in [0.05, 0.1) is 19.1 Å². The molecule has 1 saturated carbocycles. The summed E-state index contributed by atoms with van der Waals surface area (Å²) >= 11 is 0. The molecule has 23 heavy (non-hydrogen) atoms. The summed E-state index contributed by atoms with van der Waals surface area (Å²) in [7, 11) is 1.67. The molecule has 0 spiro atoms. The van der Waals surface area contributed by atoms with Crippen molar-refractivity contribution in [2.45, 2.75) is 44.2 Å². The molecule has 3 nitrogen and oxygen atoms in total. The van der Waals surface area contributed by atoms with Gasteiger partial charge in [-0.1, -0.05) is 56.2 Å². The fraction of sp³-hybridized carbons (Fsp3) is 0.450. The molecule has 1 aromatic carbocycles. The number of hydrogen-bond acceptors (Lipinski definition) is 2. The van der Waals surface area contributed by atoms with Gasteiger partial charge in [0.15, 0.2) is 0 Å². The van der Waals surface area contributed by atoms with Crippen LogP contribution in [0, 0.1) is 5.92 Å². The summed E-state index contributed by atoms with van der Waals surface area (Å²) in [5, 5.41) is 0. The zero-order valence-electron chi connectivity index (χ0n) is 13.8. The number of amides is 1. The Morgan fingerprint density at radius 3 is 2.48 bits per heavy atom. The van der Waals surface area contributed by atoms with Gasteiger partial charge in [0, 0.05) is 6.04 Å². The van der Waals surface area contributed by atoms with E-state index in [1.807, 2.05) is 24.3 Å². The van der Waals surface area contributed by atoms with E-state index in [0.717, 1.165) is 18.6 Å². The van der Waals surface area contributed by atoms with E-state index in [2.05, 4.69) is 23.6 Å². The Labute approximate surface area is 138 Å². The summed E-state index contributed by atoms with van der Waals surface area (Å²) in [5.74, 6) is 1.04. The second kappa shape index (κ2) is 7.03. The molecule has 2 aliphatic rings. The summed E-state index contributed by atoms with van der Waals surface area (Å²) in [6, 6.07) is 8.67. The van der Waals surface area contributed by atoms with Crippen LogP contribution in [0.1, 0.15) is 43.7 Å². The molecule has 1 aromatic rings. The average molecular weight is 311 g/mol. The molecule has 1 heterocycles. The van der Waals surface area contributed by atoms with Crippen LogP contribution in [0.5, 0.6) is 5.75 Å². The number of rotatable bonds is 5. The maximum Gasteiger partial charge on any atom is 0.232 e. The topological polar surface area (TPSA) is 29.5 Å². The molecule has 2 fully saturated rings. The lowest BCUT2D eigenvalue weighted by Gasteiger charge is -2.51. The number of methoxy groups -OCH3 is 1. The van der Waals surface area contributed by atoms with Crippen molar-refractivity contribution < 1.29 is 9.53 Å². The van der Waals surface area contributed by atoms with Crippen molar-refractivity contribution in [1.82, 2.24) is 4.90 Å². The summed E-state index contributed by atoms with van der Waals surface area (Å²) in [4.78, 5) is 14.8. The second-order valence-corrected chi connectivity index (χ2v) is 6.40. The summed E-state index contributed by atoms with van der Waals surface area (Å²) in [6.45, 7) is 3.72. The lowest BCUT2D eigenvalue weighted by atomic mass is 9.78. The van der Waals surface area contributed by atoms with Gasteiger partial charge in [-0.25, -0.2) is 0 Å². The first-order valence-corrected chi connectivity index (χ1v) is 8.51. The standard InChI is InChI=1S/C20H25NO2/c1-3-4-10-18-19(15-11-13-17(23-2)14-12-15)21(20(18)22)16-8-6-5-7-9-16/h3-4,10-14,16,18-19H,1,5-9H2,2H3/b10-4+/t18-,19+/m1/s1. The molecule has 3 rings (SSSR count). The van der Waals surface area contributed by atoms with Crippen LogP contribution in [-0.2, 0) is 4.79 Å². The maximum absolute atomic E-state index is 12.7. The number of carbonyl (C=O) groups is 1. The van der Waals surface area contributed by atoms with Crippen molar-refractivity contribution >= 4 is 5.91 Å². The highest BCUT2D eigenvalue weighted by atomic mass is 16.5. The Kier molecular flexibility index (Phi) is 4.85. The molecule has 2 atom stereocenters. The molecule has 1 amide bonds. The first-order chi connectivity index (χ1) is 11.3. The van der Waals surface area contributed by atoms with Crippen molar-refractivity contribution in [3.8, 4) is 5.75 Å². The van der Waals surface area contributed by atoms with E-state index in [9.17, 15) is 4.79 Å². The highest BCUT2D eigenvalue weighted by molar-refractivity contribution is 5.88. The smallest absolute Gasteiger partial charge is 0.232 e. The Hall–Kier alpha value is -2.03. The number of nitrogens with zero attached hydrogens (tertiary/aromatic N) is 1. The molecule has 1 aliphatic heterocycles. The number of β-lactam (4-membered cyclic amide) rings is 1. The highest BCUT2D eigenvalue weighted by Crippen LogP contribution is 2.45. The number of ether oxygens (including phenoxy) is 1. The van der Waals surface area contributed by atoms with E-state index < -0.39 is 0 Å². The zero-order chi connectivity index (χ0) is 16.2. The first-order valence-electron chi connectivity index (χ1n) is 8.51. The van der Waals surface area contributed by atoms with Gasteiger partial charge in [-0.15, -0.1) is 0 Å².